The molecule has 0 radical (unpaired) electrons. The predicted octanol–water partition coefficient (Wildman–Crippen LogP) is 23.4. The third-order valence-electron chi connectivity index (χ3n) is 17.5. The first-order chi connectivity index (χ1) is 41.7. The maximum atomic E-state index is 8.08. The summed E-state index contributed by atoms with van der Waals surface area (Å²) < 4.78 is 11.7. The van der Waals surface area contributed by atoms with E-state index in [9.17, 15) is 0 Å². The number of ether oxygens (including phenoxy) is 1. The Morgan fingerprint density at radius 3 is 1.64 bits per heavy atom. The average molecular weight is 1360 g/mol. The zero-order chi connectivity index (χ0) is 62.0. The zero-order valence-electron chi connectivity index (χ0n) is 53.8. The van der Waals surface area contributed by atoms with Gasteiger partial charge < -0.3 is 19.1 Å². The van der Waals surface area contributed by atoms with E-state index in [2.05, 4.69) is 300 Å². The van der Waals surface area contributed by atoms with E-state index in [1.54, 1.807) is 11.3 Å². The van der Waals surface area contributed by atoms with E-state index < -0.39 is 0 Å². The van der Waals surface area contributed by atoms with Crippen molar-refractivity contribution in [3.8, 4) is 50.7 Å². The van der Waals surface area contributed by atoms with Crippen LogP contribution < -0.4 is 14.5 Å². The second kappa shape index (κ2) is 22.3. The van der Waals surface area contributed by atoms with Crippen LogP contribution in [0, 0.1) is 25.4 Å². The van der Waals surface area contributed by atoms with E-state index in [1.165, 1.54) is 33.4 Å². The maximum Gasteiger partial charge on any atom is 0.204 e. The number of benzene rings is 9. The van der Waals surface area contributed by atoms with Gasteiger partial charge in [-0.1, -0.05) is 231 Å². The van der Waals surface area contributed by atoms with Crippen molar-refractivity contribution in [3.05, 3.63) is 240 Å². The fourth-order valence-electron chi connectivity index (χ4n) is 12.8. The monoisotopic (exact) mass is 1360 g/mol. The van der Waals surface area contributed by atoms with E-state index in [4.69, 9.17) is 16.3 Å². The largest absolute Gasteiger partial charge is 0.509 e. The van der Waals surface area contributed by atoms with Crippen molar-refractivity contribution in [1.29, 1.82) is 0 Å². The van der Waals surface area contributed by atoms with Crippen LogP contribution in [0.15, 0.2) is 182 Å². The topological polar surface area (TPSA) is 37.9 Å². The van der Waals surface area contributed by atoms with Crippen molar-refractivity contribution < 1.29 is 25.8 Å². The van der Waals surface area contributed by atoms with E-state index in [-0.39, 0.29) is 48.1 Å². The molecule has 0 atom stereocenters. The number of nitrogens with zero attached hydrogens (tertiary/aromatic N) is 5. The van der Waals surface area contributed by atoms with Gasteiger partial charge in [0.05, 0.1) is 6.57 Å². The molecule has 0 amide bonds. The van der Waals surface area contributed by atoms with Crippen LogP contribution in [0.2, 0.25) is 0 Å². The first-order valence-corrected chi connectivity index (χ1v) is 31.5. The van der Waals surface area contributed by atoms with Crippen LogP contribution in [0.3, 0.4) is 0 Å². The van der Waals surface area contributed by atoms with Crippen molar-refractivity contribution in [2.75, 3.05) is 9.80 Å². The van der Waals surface area contributed by atoms with Gasteiger partial charge in [0.1, 0.15) is 5.82 Å². The summed E-state index contributed by atoms with van der Waals surface area (Å²) in [4.78, 5) is 13.7. The Balaban J connectivity index is 0.00000769. The van der Waals surface area contributed by atoms with Gasteiger partial charge in [-0.05, 0) is 118 Å². The Labute approximate surface area is 544 Å². The molecular formula is C81H76N5OPtS-3. The number of hydrogen-bond acceptors (Lipinski definition) is 5. The maximum absolute atomic E-state index is 8.08. The number of hydrogen-bond donors (Lipinski definition) is 0. The zero-order valence-corrected chi connectivity index (χ0v) is 56.9. The summed E-state index contributed by atoms with van der Waals surface area (Å²) >= 11 is 1.68. The van der Waals surface area contributed by atoms with E-state index >= 15 is 0 Å². The molecule has 0 aliphatic carbocycles. The molecule has 0 fully saturated rings. The number of para-hydroxylation sites is 3. The van der Waals surface area contributed by atoms with Crippen LogP contribution in [0.1, 0.15) is 132 Å². The Morgan fingerprint density at radius 1 is 0.494 bits per heavy atom. The summed E-state index contributed by atoms with van der Waals surface area (Å²) in [5.41, 5.74) is 19.1. The summed E-state index contributed by atoms with van der Waals surface area (Å²) in [6, 6.07) is 71.8. The molecule has 8 heteroatoms. The van der Waals surface area contributed by atoms with Crippen molar-refractivity contribution in [1.82, 2.24) is 9.55 Å². The van der Waals surface area contributed by atoms with Gasteiger partial charge in [-0.25, -0.2) is 9.83 Å². The third kappa shape index (κ3) is 11.1. The first kappa shape index (κ1) is 61.0. The SMILES string of the molecule is [C-]#[N+]c1cccc2c1sc1c2ccc2c1c1ccc(Oc3[c-]c(N4[CH-]N(c5c(-c6ccc(C(C)(C)C)cc6)cccc5-c5ccc(C(C)(C)C)cc5)c5ccccc54)cc(-c4c(C(C)(C)C)cccc4C(C)(C)C)c3)[c-]c1n2-c1cc(C(C)(C)C)ccn1.[Pt]. The first-order valence-electron chi connectivity index (χ1n) is 30.7. The standard InChI is InChI=1S/C81H76N5OS.Pt/c1-77(2,3)53-34-30-50(31-35-53)59-22-19-23-60(51-32-36-54(37-33-51)78(4,5)6)74(59)85-49-84(67-28-17-18-29-68(67)85)56-44-52(72-64(80(10,11)12)25-21-26-65(72)81(13,14)15)45-58(47-56)87-57-38-39-63-70(48-57)86(71-46-55(42-43-83-71)79(7,8)9)69-41-40-62-61-24-20-27-66(82-16)75(61)88-76(62)73(63)69;/h17-46,49H,1-15H3;/q-3;. The van der Waals surface area contributed by atoms with Crippen LogP contribution in [-0.4, -0.2) is 9.55 Å². The molecule has 0 saturated carbocycles. The smallest absolute Gasteiger partial charge is 0.204 e. The average Bonchev–Trinajstić information content (AvgIpc) is 1.62. The van der Waals surface area contributed by atoms with Crippen molar-refractivity contribution in [2.45, 2.75) is 131 Å². The molecule has 450 valence electrons. The summed E-state index contributed by atoms with van der Waals surface area (Å²) in [7, 11) is 0. The molecule has 1 aliphatic rings. The van der Waals surface area contributed by atoms with Gasteiger partial charge in [0, 0.05) is 81.9 Å². The molecule has 0 bridgehead atoms. The minimum absolute atomic E-state index is 0. The predicted molar refractivity (Wildman–Crippen MR) is 373 cm³/mol. The Kier molecular flexibility index (Phi) is 15.3. The summed E-state index contributed by atoms with van der Waals surface area (Å²) in [6.45, 7) is 44.5. The van der Waals surface area contributed by atoms with Crippen LogP contribution in [0.4, 0.5) is 28.4 Å². The van der Waals surface area contributed by atoms with Gasteiger partial charge in [0.2, 0.25) is 5.69 Å². The van der Waals surface area contributed by atoms with Gasteiger partial charge >= 0.3 is 0 Å². The van der Waals surface area contributed by atoms with E-state index in [1.807, 2.05) is 24.4 Å². The molecule has 3 aromatic heterocycles. The fourth-order valence-corrected chi connectivity index (χ4v) is 14.1. The molecule has 9 aromatic carbocycles. The Morgan fingerprint density at radius 2 is 1.06 bits per heavy atom. The minimum atomic E-state index is -0.196. The van der Waals surface area contributed by atoms with Crippen LogP contribution >= 0.6 is 11.3 Å². The molecule has 12 aromatic rings. The van der Waals surface area contributed by atoms with Gasteiger partial charge in [-0.2, -0.15) is 6.07 Å². The number of anilines is 4. The molecule has 0 spiro atoms. The van der Waals surface area contributed by atoms with E-state index in [0.717, 1.165) is 98.4 Å². The summed E-state index contributed by atoms with van der Waals surface area (Å²) in [5, 5.41) is 4.34. The molecule has 13 rings (SSSR count). The van der Waals surface area contributed by atoms with E-state index in [0.29, 0.717) is 17.2 Å². The fraction of sp³-hybridized carbons (Fsp3) is 0.247. The quantitative estimate of drug-likeness (QED) is 0.142. The van der Waals surface area contributed by atoms with Crippen molar-refractivity contribution in [2.24, 2.45) is 0 Å². The molecule has 4 heterocycles. The second-order valence-corrected chi connectivity index (χ2v) is 29.9. The molecule has 89 heavy (non-hydrogen) atoms. The van der Waals surface area contributed by atoms with Crippen LogP contribution in [-0.2, 0) is 48.1 Å². The number of rotatable bonds is 8. The molecule has 0 unspecified atom stereocenters. The molecular weight excluding hydrogens is 1290 g/mol. The van der Waals surface area contributed by atoms with Gasteiger partial charge in [0.15, 0.2) is 0 Å². The van der Waals surface area contributed by atoms with Crippen molar-refractivity contribution >= 4 is 81.8 Å². The molecule has 0 N–H and O–H groups in total. The van der Waals surface area contributed by atoms with Crippen LogP contribution in [0.25, 0.3) is 86.0 Å². The number of pyridine rings is 1. The number of aromatic nitrogens is 2. The Bertz CT molecular complexity index is 4670. The van der Waals surface area contributed by atoms with Gasteiger partial charge in [-0.15, -0.1) is 65.0 Å². The summed E-state index contributed by atoms with van der Waals surface area (Å²) in [5.74, 6) is 1.91. The van der Waals surface area contributed by atoms with Gasteiger partial charge in [-0.3, -0.25) is 0 Å². The van der Waals surface area contributed by atoms with Crippen molar-refractivity contribution in [3.63, 3.8) is 0 Å². The molecule has 6 nitrogen and oxygen atoms in total. The number of fused-ring (bicyclic) bond motifs is 8. The molecule has 1 aliphatic heterocycles. The second-order valence-electron chi connectivity index (χ2n) is 28.9. The van der Waals surface area contributed by atoms with Crippen LogP contribution in [0.5, 0.6) is 11.5 Å². The number of thiophene rings is 1. The third-order valence-corrected chi connectivity index (χ3v) is 18.8. The molecule has 0 saturated heterocycles. The normalized spacial score (nSPS) is 13.1. The summed E-state index contributed by atoms with van der Waals surface area (Å²) in [6.07, 6.45) is 1.92. The Hall–Kier alpha value is -8.27. The van der Waals surface area contributed by atoms with Gasteiger partial charge in [0.25, 0.3) is 0 Å². The minimum Gasteiger partial charge on any atom is -0.509 e.